The number of carbonyl (C=O) groups is 1. The highest BCUT2D eigenvalue weighted by Crippen LogP contribution is 2.19. The summed E-state index contributed by atoms with van der Waals surface area (Å²) in [6.45, 7) is 2.98. The van der Waals surface area contributed by atoms with Gasteiger partial charge >= 0.3 is 0 Å². The van der Waals surface area contributed by atoms with Crippen molar-refractivity contribution < 1.29 is 9.32 Å². The third kappa shape index (κ3) is 1.72. The number of rotatable bonds is 1. The maximum atomic E-state index is 12.2. The Morgan fingerprint density at radius 3 is 3.18 bits per heavy atom. The van der Waals surface area contributed by atoms with E-state index in [1.54, 1.807) is 18.1 Å². The summed E-state index contributed by atoms with van der Waals surface area (Å²) in [7, 11) is 0. The Balaban J connectivity index is 1.84. The first-order valence-electron chi connectivity index (χ1n) is 5.26. The number of carbonyl (C=O) groups excluding carboxylic acids is 1. The minimum absolute atomic E-state index is 0.0666. The lowest BCUT2D eigenvalue weighted by Crippen LogP contribution is -2.36. The van der Waals surface area contributed by atoms with Crippen LogP contribution in [0.2, 0.25) is 0 Å². The topological polar surface area (TPSA) is 72.1 Å². The predicted molar refractivity (Wildman–Crippen MR) is 59.6 cm³/mol. The first kappa shape index (κ1) is 10.4. The smallest absolute Gasteiger partial charge is 0.275 e. The van der Waals surface area contributed by atoms with Crippen LogP contribution in [0.4, 0.5) is 0 Å². The van der Waals surface area contributed by atoms with Gasteiger partial charge in [0.05, 0.1) is 29.7 Å². The Labute approximate surface area is 102 Å². The normalized spacial score (nSPS) is 14.8. The molecule has 1 aliphatic rings. The molecule has 0 unspecified atom stereocenters. The second kappa shape index (κ2) is 3.92. The maximum Gasteiger partial charge on any atom is 0.275 e. The number of fused-ring (bicyclic) bond motifs is 1. The molecule has 1 amide bonds. The van der Waals surface area contributed by atoms with Crippen LogP contribution in [-0.4, -0.2) is 31.3 Å². The van der Waals surface area contributed by atoms with Gasteiger partial charge in [-0.15, -0.1) is 0 Å². The second-order valence-electron chi connectivity index (χ2n) is 3.96. The summed E-state index contributed by atoms with van der Waals surface area (Å²) < 4.78 is 12.9. The van der Waals surface area contributed by atoms with Crippen molar-refractivity contribution in [1.82, 2.24) is 18.8 Å². The van der Waals surface area contributed by atoms with Gasteiger partial charge in [-0.2, -0.15) is 8.75 Å². The number of aromatic nitrogens is 3. The Morgan fingerprint density at radius 1 is 1.53 bits per heavy atom. The second-order valence-corrected chi connectivity index (χ2v) is 4.49. The van der Waals surface area contributed by atoms with E-state index in [2.05, 4.69) is 13.9 Å². The molecule has 2 aromatic rings. The van der Waals surface area contributed by atoms with Crippen LogP contribution in [0.1, 0.15) is 27.4 Å². The van der Waals surface area contributed by atoms with E-state index >= 15 is 0 Å². The summed E-state index contributed by atoms with van der Waals surface area (Å²) in [5, 5.41) is 3.89. The van der Waals surface area contributed by atoms with Crippen molar-refractivity contribution in [3.63, 3.8) is 0 Å². The van der Waals surface area contributed by atoms with Crippen LogP contribution >= 0.6 is 11.7 Å². The highest BCUT2D eigenvalue weighted by molar-refractivity contribution is 6.99. The zero-order valence-electron chi connectivity index (χ0n) is 9.21. The van der Waals surface area contributed by atoms with Crippen molar-refractivity contribution in [1.29, 1.82) is 0 Å². The molecule has 0 spiro atoms. The fourth-order valence-corrected chi connectivity index (χ4v) is 2.43. The van der Waals surface area contributed by atoms with Crippen LogP contribution in [0.5, 0.6) is 0 Å². The molecule has 0 aromatic carbocycles. The molecule has 0 atom stereocenters. The number of nitrogens with zero attached hydrogens (tertiary/aromatic N) is 4. The molecular weight excluding hydrogens is 240 g/mol. The molecule has 0 aliphatic carbocycles. The zero-order valence-corrected chi connectivity index (χ0v) is 10.0. The molecule has 0 radical (unpaired) electrons. The largest absolute Gasteiger partial charge is 0.364 e. The molecule has 0 saturated heterocycles. The van der Waals surface area contributed by atoms with Gasteiger partial charge in [0.15, 0.2) is 5.69 Å². The average molecular weight is 250 g/mol. The summed E-state index contributed by atoms with van der Waals surface area (Å²) in [6.07, 6.45) is 2.33. The van der Waals surface area contributed by atoms with Gasteiger partial charge in [-0.05, 0) is 6.92 Å². The van der Waals surface area contributed by atoms with E-state index < -0.39 is 0 Å². The highest BCUT2D eigenvalue weighted by Gasteiger charge is 2.26. The van der Waals surface area contributed by atoms with Crippen molar-refractivity contribution in [2.75, 3.05) is 6.54 Å². The number of hydrogen-bond donors (Lipinski definition) is 0. The van der Waals surface area contributed by atoms with Crippen LogP contribution in [-0.2, 0) is 13.0 Å². The molecule has 7 heteroatoms. The average Bonchev–Trinajstić information content (AvgIpc) is 2.95. The highest BCUT2D eigenvalue weighted by atomic mass is 32.1. The number of amides is 1. The van der Waals surface area contributed by atoms with Crippen LogP contribution < -0.4 is 0 Å². The molecule has 0 N–H and O–H groups in total. The van der Waals surface area contributed by atoms with Crippen LogP contribution in [0.25, 0.3) is 0 Å². The Hall–Kier alpha value is -1.76. The fraction of sp³-hybridized carbons (Fsp3) is 0.400. The monoisotopic (exact) mass is 250 g/mol. The molecule has 1 aliphatic heterocycles. The molecule has 0 bridgehead atoms. The van der Waals surface area contributed by atoms with Gasteiger partial charge in [-0.25, -0.2) is 0 Å². The van der Waals surface area contributed by atoms with Crippen molar-refractivity contribution in [2.45, 2.75) is 19.9 Å². The Kier molecular flexibility index (Phi) is 2.40. The third-order valence-electron chi connectivity index (χ3n) is 2.85. The van der Waals surface area contributed by atoms with E-state index in [9.17, 15) is 4.79 Å². The Morgan fingerprint density at radius 2 is 2.41 bits per heavy atom. The standard InChI is InChI=1S/C10H10N4O2S/c1-6-9(13-17-12-6)10(15)14-3-2-8-7(4-14)5-16-11-8/h5H,2-4H2,1H3. The van der Waals surface area contributed by atoms with Crippen molar-refractivity contribution >= 4 is 17.6 Å². The summed E-state index contributed by atoms with van der Waals surface area (Å²) in [5.74, 6) is -0.0666. The zero-order chi connectivity index (χ0) is 11.8. The quantitative estimate of drug-likeness (QED) is 0.756. The van der Waals surface area contributed by atoms with Gasteiger partial charge in [-0.1, -0.05) is 5.16 Å². The van der Waals surface area contributed by atoms with Crippen molar-refractivity contribution in [3.8, 4) is 0 Å². The molecule has 2 aromatic heterocycles. The summed E-state index contributed by atoms with van der Waals surface area (Å²) >= 11 is 1.07. The maximum absolute atomic E-state index is 12.2. The fourth-order valence-electron chi connectivity index (χ4n) is 1.89. The van der Waals surface area contributed by atoms with E-state index in [0.717, 1.165) is 29.4 Å². The van der Waals surface area contributed by atoms with Crippen LogP contribution in [0.3, 0.4) is 0 Å². The summed E-state index contributed by atoms with van der Waals surface area (Å²) in [4.78, 5) is 13.9. The molecule has 3 rings (SSSR count). The molecule has 88 valence electrons. The van der Waals surface area contributed by atoms with Gasteiger partial charge in [-0.3, -0.25) is 4.79 Å². The van der Waals surface area contributed by atoms with E-state index in [4.69, 9.17) is 4.52 Å². The molecule has 0 fully saturated rings. The lowest BCUT2D eigenvalue weighted by Gasteiger charge is -2.24. The van der Waals surface area contributed by atoms with E-state index in [-0.39, 0.29) is 5.91 Å². The van der Waals surface area contributed by atoms with Crippen molar-refractivity contribution in [2.24, 2.45) is 0 Å². The van der Waals surface area contributed by atoms with Crippen molar-refractivity contribution in [3.05, 3.63) is 28.9 Å². The van der Waals surface area contributed by atoms with Crippen LogP contribution in [0.15, 0.2) is 10.8 Å². The summed E-state index contributed by atoms with van der Waals surface area (Å²) in [6, 6.07) is 0. The van der Waals surface area contributed by atoms with E-state index in [1.165, 1.54) is 0 Å². The molecular formula is C10H10N4O2S. The Bertz CT molecular complexity index is 562. The predicted octanol–water partition coefficient (Wildman–Crippen LogP) is 1.03. The first-order chi connectivity index (χ1) is 8.25. The molecule has 17 heavy (non-hydrogen) atoms. The van der Waals surface area contributed by atoms with Gasteiger partial charge in [0.25, 0.3) is 5.91 Å². The van der Waals surface area contributed by atoms with Crippen LogP contribution in [0, 0.1) is 6.92 Å². The molecule has 6 nitrogen and oxygen atoms in total. The lowest BCUT2D eigenvalue weighted by atomic mass is 10.1. The van der Waals surface area contributed by atoms with E-state index in [1.807, 2.05) is 0 Å². The lowest BCUT2D eigenvalue weighted by molar-refractivity contribution is 0.0728. The first-order valence-corrected chi connectivity index (χ1v) is 5.99. The number of hydrogen-bond acceptors (Lipinski definition) is 6. The minimum Gasteiger partial charge on any atom is -0.364 e. The third-order valence-corrected chi connectivity index (χ3v) is 3.47. The van der Waals surface area contributed by atoms with Gasteiger partial charge in [0.2, 0.25) is 0 Å². The van der Waals surface area contributed by atoms with Gasteiger partial charge < -0.3 is 9.42 Å². The minimum atomic E-state index is -0.0666. The van der Waals surface area contributed by atoms with Gasteiger partial charge in [0, 0.05) is 18.5 Å². The van der Waals surface area contributed by atoms with E-state index in [0.29, 0.717) is 24.5 Å². The molecule has 0 saturated carbocycles. The summed E-state index contributed by atoms with van der Waals surface area (Å²) in [5.41, 5.74) is 3.07. The number of aryl methyl sites for hydroxylation is 1. The SMILES string of the molecule is Cc1nsnc1C(=O)N1CCc2nocc2C1. The van der Waals surface area contributed by atoms with Gasteiger partial charge in [0.1, 0.15) is 6.26 Å². The molecule has 3 heterocycles.